The first kappa shape index (κ1) is 18.5. The normalized spacial score (nSPS) is 17.0. The van der Waals surface area contributed by atoms with Gasteiger partial charge in [0.25, 0.3) is 0 Å². The van der Waals surface area contributed by atoms with Gasteiger partial charge in [-0.05, 0) is 25.8 Å². The Kier molecular flexibility index (Phi) is 5.99. The average molecular weight is 346 g/mol. The molecule has 122 valence electrons. The van der Waals surface area contributed by atoms with E-state index >= 15 is 0 Å². The molecule has 0 saturated carbocycles. The Morgan fingerprint density at radius 2 is 2.00 bits per heavy atom. The molecule has 9 heteroatoms. The molecule has 0 bridgehead atoms. The fraction of sp³-hybridized carbons (Fsp3) is 0.462. The fourth-order valence-electron chi connectivity index (χ4n) is 2.47. The second kappa shape index (κ2) is 7.13. The summed E-state index contributed by atoms with van der Waals surface area (Å²) in [5.74, 6) is 1.08. The van der Waals surface area contributed by atoms with Crippen LogP contribution in [0.25, 0.3) is 11.4 Å². The Labute approximate surface area is 141 Å². The molecule has 7 nitrogen and oxygen atoms in total. The molecule has 1 aliphatic rings. The van der Waals surface area contributed by atoms with Gasteiger partial charge >= 0.3 is 0 Å². The first-order chi connectivity index (χ1) is 9.54. The Balaban J connectivity index is 0.00000121. The van der Waals surface area contributed by atoms with E-state index in [4.69, 9.17) is 11.5 Å². The van der Waals surface area contributed by atoms with E-state index in [1.165, 1.54) is 0 Å². The van der Waals surface area contributed by atoms with Crippen LogP contribution in [-0.2, 0) is 0 Å². The van der Waals surface area contributed by atoms with Gasteiger partial charge in [0, 0.05) is 30.9 Å². The highest BCUT2D eigenvalue weighted by molar-refractivity contribution is 5.85. The third kappa shape index (κ3) is 3.43. The SMILES string of the molecule is Cc1[nH]nc(-c2cc(N3CC[C@@H](N)C3)nc(N)n2)c1C.Cl.Cl. The van der Waals surface area contributed by atoms with Crippen molar-refractivity contribution in [3.63, 3.8) is 0 Å². The predicted molar refractivity (Wildman–Crippen MR) is 92.8 cm³/mol. The third-order valence-corrected chi connectivity index (χ3v) is 3.77. The number of aromatic amines is 1. The number of nitrogens with two attached hydrogens (primary N) is 2. The van der Waals surface area contributed by atoms with Crippen molar-refractivity contribution in [1.29, 1.82) is 0 Å². The molecular formula is C13H21Cl2N7. The van der Waals surface area contributed by atoms with Crippen LogP contribution in [0.2, 0.25) is 0 Å². The van der Waals surface area contributed by atoms with Crippen LogP contribution in [-0.4, -0.2) is 39.3 Å². The lowest BCUT2D eigenvalue weighted by Gasteiger charge is -2.17. The van der Waals surface area contributed by atoms with Gasteiger partial charge < -0.3 is 16.4 Å². The van der Waals surface area contributed by atoms with Crippen molar-refractivity contribution in [2.75, 3.05) is 23.7 Å². The van der Waals surface area contributed by atoms with Crippen LogP contribution in [0.3, 0.4) is 0 Å². The molecule has 0 spiro atoms. The molecule has 0 aromatic carbocycles. The van der Waals surface area contributed by atoms with Gasteiger partial charge in [-0.3, -0.25) is 5.10 Å². The summed E-state index contributed by atoms with van der Waals surface area (Å²) in [6.07, 6.45) is 0.972. The number of hydrogen-bond acceptors (Lipinski definition) is 6. The number of aryl methyl sites for hydroxylation is 1. The molecule has 22 heavy (non-hydrogen) atoms. The highest BCUT2D eigenvalue weighted by atomic mass is 35.5. The zero-order valence-corrected chi connectivity index (χ0v) is 14.2. The number of hydrogen-bond donors (Lipinski definition) is 3. The number of aromatic nitrogens is 4. The van der Waals surface area contributed by atoms with Crippen LogP contribution in [0.5, 0.6) is 0 Å². The van der Waals surface area contributed by atoms with Crippen LogP contribution in [0.1, 0.15) is 17.7 Å². The summed E-state index contributed by atoms with van der Waals surface area (Å²) < 4.78 is 0. The quantitative estimate of drug-likeness (QED) is 0.759. The lowest BCUT2D eigenvalue weighted by Crippen LogP contribution is -2.27. The van der Waals surface area contributed by atoms with Crippen molar-refractivity contribution < 1.29 is 0 Å². The van der Waals surface area contributed by atoms with E-state index in [2.05, 4.69) is 25.1 Å². The number of nitrogen functional groups attached to an aromatic ring is 1. The number of halogens is 2. The van der Waals surface area contributed by atoms with E-state index in [0.29, 0.717) is 0 Å². The Bertz CT molecular complexity index is 643. The topological polar surface area (TPSA) is 110 Å². The van der Waals surface area contributed by atoms with Crippen LogP contribution < -0.4 is 16.4 Å². The van der Waals surface area contributed by atoms with Gasteiger partial charge in [-0.2, -0.15) is 10.1 Å². The van der Waals surface area contributed by atoms with Crippen LogP contribution in [0.15, 0.2) is 6.07 Å². The molecule has 0 amide bonds. The van der Waals surface area contributed by atoms with Gasteiger partial charge in [0.2, 0.25) is 5.95 Å². The van der Waals surface area contributed by atoms with Gasteiger partial charge in [-0.25, -0.2) is 4.98 Å². The van der Waals surface area contributed by atoms with Crippen molar-refractivity contribution in [1.82, 2.24) is 20.2 Å². The smallest absolute Gasteiger partial charge is 0.222 e. The molecular weight excluding hydrogens is 325 g/mol. The lowest BCUT2D eigenvalue weighted by atomic mass is 10.1. The van der Waals surface area contributed by atoms with Crippen LogP contribution in [0, 0.1) is 13.8 Å². The molecule has 1 atom stereocenters. The number of nitrogens with zero attached hydrogens (tertiary/aromatic N) is 4. The second-order valence-corrected chi connectivity index (χ2v) is 5.29. The molecule has 3 rings (SSSR count). The molecule has 2 aromatic heterocycles. The Hall–Kier alpha value is -1.57. The minimum absolute atomic E-state index is 0. The molecule has 0 aliphatic carbocycles. The highest BCUT2D eigenvalue weighted by Crippen LogP contribution is 2.26. The summed E-state index contributed by atoms with van der Waals surface area (Å²) in [4.78, 5) is 10.7. The maximum Gasteiger partial charge on any atom is 0.222 e. The van der Waals surface area contributed by atoms with Crippen LogP contribution >= 0.6 is 24.8 Å². The number of rotatable bonds is 2. The zero-order valence-electron chi connectivity index (χ0n) is 12.5. The zero-order chi connectivity index (χ0) is 14.3. The van der Waals surface area contributed by atoms with Crippen molar-refractivity contribution >= 4 is 36.6 Å². The summed E-state index contributed by atoms with van der Waals surface area (Å²) in [6.45, 7) is 5.69. The summed E-state index contributed by atoms with van der Waals surface area (Å²) in [5.41, 5.74) is 15.5. The van der Waals surface area contributed by atoms with Crippen molar-refractivity contribution in [2.45, 2.75) is 26.3 Å². The largest absolute Gasteiger partial charge is 0.368 e. The number of anilines is 2. The lowest BCUT2D eigenvalue weighted by molar-refractivity contribution is 0.751. The van der Waals surface area contributed by atoms with E-state index in [0.717, 1.165) is 48.0 Å². The summed E-state index contributed by atoms with van der Waals surface area (Å²) in [6, 6.07) is 2.13. The van der Waals surface area contributed by atoms with E-state index in [1.54, 1.807) is 0 Å². The second-order valence-electron chi connectivity index (χ2n) is 5.29. The van der Waals surface area contributed by atoms with Crippen molar-refractivity contribution in [3.05, 3.63) is 17.3 Å². The molecule has 1 saturated heterocycles. The molecule has 2 aromatic rings. The van der Waals surface area contributed by atoms with E-state index in [9.17, 15) is 0 Å². The maximum absolute atomic E-state index is 5.94. The monoisotopic (exact) mass is 345 g/mol. The molecule has 5 N–H and O–H groups in total. The highest BCUT2D eigenvalue weighted by Gasteiger charge is 2.22. The van der Waals surface area contributed by atoms with Crippen molar-refractivity contribution in [3.8, 4) is 11.4 Å². The van der Waals surface area contributed by atoms with Gasteiger partial charge in [-0.15, -0.1) is 24.8 Å². The van der Waals surface area contributed by atoms with Gasteiger partial charge in [0.15, 0.2) is 0 Å². The minimum atomic E-state index is 0. The van der Waals surface area contributed by atoms with Crippen LogP contribution in [0.4, 0.5) is 11.8 Å². The first-order valence-corrected chi connectivity index (χ1v) is 6.71. The van der Waals surface area contributed by atoms with E-state index in [-0.39, 0.29) is 36.8 Å². The first-order valence-electron chi connectivity index (χ1n) is 6.71. The summed E-state index contributed by atoms with van der Waals surface area (Å²) >= 11 is 0. The maximum atomic E-state index is 5.94. The summed E-state index contributed by atoms with van der Waals surface area (Å²) in [5, 5.41) is 7.26. The molecule has 3 heterocycles. The van der Waals surface area contributed by atoms with Crippen molar-refractivity contribution in [2.24, 2.45) is 5.73 Å². The third-order valence-electron chi connectivity index (χ3n) is 3.77. The van der Waals surface area contributed by atoms with E-state index in [1.807, 2.05) is 19.9 Å². The van der Waals surface area contributed by atoms with E-state index < -0.39 is 0 Å². The minimum Gasteiger partial charge on any atom is -0.368 e. The standard InChI is InChI=1S/C13H19N7.2ClH/c1-7-8(2)18-19-12(7)10-5-11(17-13(15)16-10)20-4-3-9(14)6-20;;/h5,9H,3-4,6,14H2,1-2H3,(H,18,19)(H2,15,16,17);2*1H/t9-;;/m1../s1. The average Bonchev–Trinajstić information content (AvgIpc) is 2.97. The molecule has 1 aliphatic heterocycles. The molecule has 1 fully saturated rings. The van der Waals surface area contributed by atoms with Gasteiger partial charge in [-0.1, -0.05) is 0 Å². The molecule has 0 unspecified atom stereocenters. The summed E-state index contributed by atoms with van der Waals surface area (Å²) in [7, 11) is 0. The molecule has 0 radical (unpaired) electrons. The number of H-pyrrole nitrogens is 1. The number of nitrogens with one attached hydrogen (secondary N) is 1. The van der Waals surface area contributed by atoms with Gasteiger partial charge in [0.05, 0.1) is 5.69 Å². The Morgan fingerprint density at radius 1 is 1.27 bits per heavy atom. The van der Waals surface area contributed by atoms with Gasteiger partial charge in [0.1, 0.15) is 11.5 Å². The Morgan fingerprint density at radius 3 is 2.55 bits per heavy atom. The fourth-order valence-corrected chi connectivity index (χ4v) is 2.47. The predicted octanol–water partition coefficient (Wildman–Crippen LogP) is 1.45.